The molecular weight excluding hydrogens is 180 g/mol. The first-order chi connectivity index (χ1) is 6.29. The van der Waals surface area contributed by atoms with Gasteiger partial charge in [0, 0.05) is 5.25 Å². The molecule has 0 amide bonds. The summed E-state index contributed by atoms with van der Waals surface area (Å²) in [7, 11) is 0. The molecule has 1 saturated heterocycles. The van der Waals surface area contributed by atoms with Crippen LogP contribution < -0.4 is 0 Å². The number of hydrogen-bond acceptors (Lipinski definition) is 2. The Morgan fingerprint density at radius 2 is 2.00 bits per heavy atom. The predicted molar refractivity (Wildman–Crippen MR) is 57.0 cm³/mol. The van der Waals surface area contributed by atoms with Crippen LogP contribution in [0.3, 0.4) is 0 Å². The molecule has 2 rings (SSSR count). The van der Waals surface area contributed by atoms with Crippen molar-refractivity contribution in [3.63, 3.8) is 0 Å². The van der Waals surface area contributed by atoms with Crippen molar-refractivity contribution < 1.29 is 4.74 Å². The Kier molecular flexibility index (Phi) is 2.35. The van der Waals surface area contributed by atoms with Gasteiger partial charge in [-0.25, -0.2) is 0 Å². The third-order valence-electron chi connectivity index (χ3n) is 2.73. The van der Waals surface area contributed by atoms with Crippen LogP contribution >= 0.6 is 11.8 Å². The molecule has 0 aromatic heterocycles. The van der Waals surface area contributed by atoms with Crippen molar-refractivity contribution in [2.45, 2.75) is 17.8 Å². The van der Waals surface area contributed by atoms with Crippen LogP contribution in [0.1, 0.15) is 12.5 Å². The minimum absolute atomic E-state index is 0.0146. The van der Waals surface area contributed by atoms with Gasteiger partial charge in [-0.05, 0) is 11.8 Å². The normalized spacial score (nSPS) is 28.5. The van der Waals surface area contributed by atoms with E-state index in [1.54, 1.807) is 0 Å². The van der Waals surface area contributed by atoms with E-state index < -0.39 is 0 Å². The van der Waals surface area contributed by atoms with Crippen LogP contribution in [0.2, 0.25) is 0 Å². The van der Waals surface area contributed by atoms with Crippen molar-refractivity contribution in [2.75, 3.05) is 12.9 Å². The summed E-state index contributed by atoms with van der Waals surface area (Å²) in [4.78, 5) is 0. The number of benzene rings is 1. The lowest BCUT2D eigenvalue weighted by Gasteiger charge is -2.18. The second-order valence-electron chi connectivity index (χ2n) is 3.42. The molecule has 0 unspecified atom stereocenters. The summed E-state index contributed by atoms with van der Waals surface area (Å²) in [6, 6.07) is 10.5. The van der Waals surface area contributed by atoms with Crippen molar-refractivity contribution in [1.82, 2.24) is 0 Å². The van der Waals surface area contributed by atoms with Crippen LogP contribution in [0, 0.1) is 0 Å². The molecule has 1 nitrogen and oxygen atoms in total. The highest BCUT2D eigenvalue weighted by atomic mass is 32.2. The zero-order chi connectivity index (χ0) is 9.31. The maximum absolute atomic E-state index is 5.61. The van der Waals surface area contributed by atoms with Crippen LogP contribution in [0.25, 0.3) is 0 Å². The van der Waals surface area contributed by atoms with E-state index in [0.717, 1.165) is 6.61 Å². The highest BCUT2D eigenvalue weighted by Gasteiger charge is 2.50. The van der Waals surface area contributed by atoms with Crippen molar-refractivity contribution in [1.29, 1.82) is 0 Å². The fourth-order valence-electron chi connectivity index (χ4n) is 1.62. The molecule has 1 heterocycles. The SMILES string of the molecule is CS[C@H](C)[C@@]1(c2ccccc2)CO1. The average molecular weight is 194 g/mol. The van der Waals surface area contributed by atoms with Gasteiger partial charge in [0.1, 0.15) is 5.60 Å². The van der Waals surface area contributed by atoms with Crippen LogP contribution in [0.5, 0.6) is 0 Å². The molecule has 0 aliphatic carbocycles. The van der Waals surface area contributed by atoms with Gasteiger partial charge in [0.2, 0.25) is 0 Å². The Bertz CT molecular complexity index is 279. The van der Waals surface area contributed by atoms with Crippen molar-refractivity contribution in [3.05, 3.63) is 35.9 Å². The molecular formula is C11H14OS. The van der Waals surface area contributed by atoms with E-state index in [1.807, 2.05) is 17.8 Å². The summed E-state index contributed by atoms with van der Waals surface area (Å²) in [6.07, 6.45) is 2.14. The van der Waals surface area contributed by atoms with Crippen molar-refractivity contribution in [2.24, 2.45) is 0 Å². The quantitative estimate of drug-likeness (QED) is 0.686. The Morgan fingerprint density at radius 1 is 1.38 bits per heavy atom. The molecule has 1 aromatic carbocycles. The maximum Gasteiger partial charge on any atom is 0.128 e. The Balaban J connectivity index is 2.26. The molecule has 70 valence electrons. The zero-order valence-electron chi connectivity index (χ0n) is 7.99. The summed E-state index contributed by atoms with van der Waals surface area (Å²) < 4.78 is 5.61. The first kappa shape index (κ1) is 9.10. The molecule has 1 aromatic rings. The largest absolute Gasteiger partial charge is 0.363 e. The highest BCUT2D eigenvalue weighted by Crippen LogP contribution is 2.45. The summed E-state index contributed by atoms with van der Waals surface area (Å²) in [5.41, 5.74) is 1.33. The van der Waals surface area contributed by atoms with Gasteiger partial charge in [-0.15, -0.1) is 0 Å². The number of rotatable bonds is 3. The number of thioether (sulfide) groups is 1. The van der Waals surface area contributed by atoms with E-state index in [9.17, 15) is 0 Å². The van der Waals surface area contributed by atoms with Gasteiger partial charge in [-0.1, -0.05) is 37.3 Å². The molecule has 1 fully saturated rings. The summed E-state index contributed by atoms with van der Waals surface area (Å²) in [5.74, 6) is 0. The molecule has 13 heavy (non-hydrogen) atoms. The van der Waals surface area contributed by atoms with Gasteiger partial charge in [0.25, 0.3) is 0 Å². The smallest absolute Gasteiger partial charge is 0.128 e. The number of epoxide rings is 1. The number of ether oxygens (including phenoxy) is 1. The summed E-state index contributed by atoms with van der Waals surface area (Å²) >= 11 is 1.86. The summed E-state index contributed by atoms with van der Waals surface area (Å²) in [5, 5.41) is 0.537. The van der Waals surface area contributed by atoms with Crippen molar-refractivity contribution >= 4 is 11.8 Å². The van der Waals surface area contributed by atoms with E-state index in [2.05, 4.69) is 37.4 Å². The minimum atomic E-state index is 0.0146. The Hall–Kier alpha value is -0.470. The first-order valence-corrected chi connectivity index (χ1v) is 5.80. The predicted octanol–water partition coefficient (Wildman–Crippen LogP) is 2.66. The molecule has 2 atom stereocenters. The molecule has 0 bridgehead atoms. The third-order valence-corrected chi connectivity index (χ3v) is 3.82. The standard InChI is InChI=1S/C11H14OS/c1-9(13-2)11(8-12-11)10-6-4-3-5-7-10/h3-7,9H,8H2,1-2H3/t9-,11-/m1/s1. The zero-order valence-corrected chi connectivity index (χ0v) is 8.80. The highest BCUT2D eigenvalue weighted by molar-refractivity contribution is 7.99. The van der Waals surface area contributed by atoms with E-state index in [1.165, 1.54) is 5.56 Å². The molecule has 0 saturated carbocycles. The lowest BCUT2D eigenvalue weighted by molar-refractivity contribution is 0.307. The van der Waals surface area contributed by atoms with Crippen LogP contribution in [-0.4, -0.2) is 18.1 Å². The lowest BCUT2D eigenvalue weighted by Crippen LogP contribution is -2.21. The average Bonchev–Trinajstić information content (AvgIpc) is 2.99. The molecule has 0 radical (unpaired) electrons. The van der Waals surface area contributed by atoms with E-state index >= 15 is 0 Å². The molecule has 1 aliphatic rings. The maximum atomic E-state index is 5.61. The minimum Gasteiger partial charge on any atom is -0.363 e. The van der Waals surface area contributed by atoms with Crippen molar-refractivity contribution in [3.8, 4) is 0 Å². The van der Waals surface area contributed by atoms with Gasteiger partial charge in [-0.2, -0.15) is 11.8 Å². The fraction of sp³-hybridized carbons (Fsp3) is 0.455. The van der Waals surface area contributed by atoms with Gasteiger partial charge < -0.3 is 4.74 Å². The molecule has 1 aliphatic heterocycles. The van der Waals surface area contributed by atoms with Gasteiger partial charge >= 0.3 is 0 Å². The third kappa shape index (κ3) is 1.49. The molecule has 0 N–H and O–H groups in total. The number of hydrogen-bond donors (Lipinski definition) is 0. The lowest BCUT2D eigenvalue weighted by atomic mass is 9.97. The Morgan fingerprint density at radius 3 is 2.46 bits per heavy atom. The van der Waals surface area contributed by atoms with E-state index in [-0.39, 0.29) is 5.60 Å². The molecule has 0 spiro atoms. The monoisotopic (exact) mass is 194 g/mol. The van der Waals surface area contributed by atoms with E-state index in [4.69, 9.17) is 4.74 Å². The van der Waals surface area contributed by atoms with Gasteiger partial charge in [0.15, 0.2) is 0 Å². The van der Waals surface area contributed by atoms with Crippen LogP contribution in [0.15, 0.2) is 30.3 Å². The van der Waals surface area contributed by atoms with Gasteiger partial charge in [0.05, 0.1) is 6.61 Å². The fourth-order valence-corrected chi connectivity index (χ4v) is 2.28. The molecule has 2 heteroatoms. The topological polar surface area (TPSA) is 12.5 Å². The Labute approximate surface area is 83.5 Å². The first-order valence-electron chi connectivity index (χ1n) is 4.52. The van der Waals surface area contributed by atoms with E-state index in [0.29, 0.717) is 5.25 Å². The second kappa shape index (κ2) is 3.35. The second-order valence-corrected chi connectivity index (χ2v) is 4.60. The van der Waals surface area contributed by atoms with Crippen LogP contribution in [-0.2, 0) is 10.3 Å². The summed E-state index contributed by atoms with van der Waals surface area (Å²) in [6.45, 7) is 3.10. The van der Waals surface area contributed by atoms with Crippen LogP contribution in [0.4, 0.5) is 0 Å². The van der Waals surface area contributed by atoms with Gasteiger partial charge in [-0.3, -0.25) is 0 Å².